The third kappa shape index (κ3) is 4.78. The van der Waals surface area contributed by atoms with Gasteiger partial charge in [0.05, 0.1) is 25.2 Å². The van der Waals surface area contributed by atoms with Crippen LogP contribution in [0.2, 0.25) is 0 Å². The van der Waals surface area contributed by atoms with Gasteiger partial charge >= 0.3 is 0 Å². The van der Waals surface area contributed by atoms with Crippen LogP contribution >= 0.6 is 0 Å². The standard InChI is InChI=1S/C15H21N3O4/c1-21-15-4-3-14(18(19)20)11-13(15)12-16-5-2-6-17-7-9-22-10-8-17/h3-4,11-12H,2,5-10H2,1H3/b16-12+. The number of rotatable bonds is 7. The van der Waals surface area contributed by atoms with Gasteiger partial charge in [-0.05, 0) is 12.5 Å². The summed E-state index contributed by atoms with van der Waals surface area (Å²) in [6.45, 7) is 5.23. The van der Waals surface area contributed by atoms with Crippen LogP contribution in [-0.2, 0) is 4.74 Å². The van der Waals surface area contributed by atoms with E-state index in [1.54, 1.807) is 12.3 Å². The van der Waals surface area contributed by atoms with Crippen molar-refractivity contribution in [3.63, 3.8) is 0 Å². The quantitative estimate of drug-likeness (QED) is 0.332. The summed E-state index contributed by atoms with van der Waals surface area (Å²) in [5, 5.41) is 10.8. The number of nitro groups is 1. The minimum Gasteiger partial charge on any atom is -0.496 e. The highest BCUT2D eigenvalue weighted by Crippen LogP contribution is 2.22. The summed E-state index contributed by atoms with van der Waals surface area (Å²) in [5.41, 5.74) is 0.665. The number of hydrogen-bond acceptors (Lipinski definition) is 6. The molecule has 1 heterocycles. The first-order valence-corrected chi connectivity index (χ1v) is 7.33. The number of non-ortho nitro benzene ring substituents is 1. The number of methoxy groups -OCH3 is 1. The summed E-state index contributed by atoms with van der Waals surface area (Å²) in [4.78, 5) is 17.1. The summed E-state index contributed by atoms with van der Waals surface area (Å²) >= 11 is 0. The Labute approximate surface area is 129 Å². The highest BCUT2D eigenvalue weighted by molar-refractivity contribution is 5.84. The van der Waals surface area contributed by atoms with Crippen molar-refractivity contribution in [1.82, 2.24) is 4.90 Å². The van der Waals surface area contributed by atoms with E-state index in [0.29, 0.717) is 17.9 Å². The number of hydrogen-bond donors (Lipinski definition) is 0. The van der Waals surface area contributed by atoms with Crippen LogP contribution in [0.3, 0.4) is 0 Å². The maximum atomic E-state index is 10.8. The monoisotopic (exact) mass is 307 g/mol. The molecular weight excluding hydrogens is 286 g/mol. The Morgan fingerprint density at radius 2 is 2.23 bits per heavy atom. The molecule has 0 unspecified atom stereocenters. The van der Waals surface area contributed by atoms with Crippen LogP contribution in [0.5, 0.6) is 5.75 Å². The van der Waals surface area contributed by atoms with E-state index in [4.69, 9.17) is 9.47 Å². The number of ether oxygens (including phenoxy) is 2. The van der Waals surface area contributed by atoms with Crippen LogP contribution in [0, 0.1) is 10.1 Å². The first-order valence-electron chi connectivity index (χ1n) is 7.33. The van der Waals surface area contributed by atoms with Crippen molar-refractivity contribution in [3.8, 4) is 5.75 Å². The van der Waals surface area contributed by atoms with Gasteiger partial charge in [-0.2, -0.15) is 0 Å². The number of nitro benzene ring substituents is 1. The second-order valence-electron chi connectivity index (χ2n) is 5.03. The zero-order valence-corrected chi connectivity index (χ0v) is 12.7. The van der Waals surface area contributed by atoms with Gasteiger partial charge in [0.25, 0.3) is 5.69 Å². The van der Waals surface area contributed by atoms with E-state index in [2.05, 4.69) is 9.89 Å². The molecule has 2 rings (SSSR count). The molecule has 7 nitrogen and oxygen atoms in total. The number of benzene rings is 1. The first-order chi connectivity index (χ1) is 10.7. The second-order valence-corrected chi connectivity index (χ2v) is 5.03. The molecule has 0 radical (unpaired) electrons. The van der Waals surface area contributed by atoms with E-state index in [1.165, 1.54) is 19.2 Å². The van der Waals surface area contributed by atoms with E-state index in [1.807, 2.05) is 0 Å². The highest BCUT2D eigenvalue weighted by atomic mass is 16.6. The van der Waals surface area contributed by atoms with Crippen molar-refractivity contribution < 1.29 is 14.4 Å². The van der Waals surface area contributed by atoms with Crippen LogP contribution in [0.15, 0.2) is 23.2 Å². The van der Waals surface area contributed by atoms with Crippen molar-refractivity contribution in [1.29, 1.82) is 0 Å². The van der Waals surface area contributed by atoms with E-state index >= 15 is 0 Å². The molecule has 120 valence electrons. The number of nitrogens with zero attached hydrogens (tertiary/aromatic N) is 3. The summed E-state index contributed by atoms with van der Waals surface area (Å²) in [5.74, 6) is 0.586. The number of aliphatic imine (C=N–C) groups is 1. The maximum absolute atomic E-state index is 10.8. The molecule has 0 N–H and O–H groups in total. The van der Waals surface area contributed by atoms with Gasteiger partial charge in [-0.15, -0.1) is 0 Å². The van der Waals surface area contributed by atoms with Gasteiger partial charge in [0.15, 0.2) is 0 Å². The van der Waals surface area contributed by atoms with Gasteiger partial charge in [-0.25, -0.2) is 0 Å². The molecule has 0 bridgehead atoms. The molecular formula is C15H21N3O4. The SMILES string of the molecule is COc1ccc([N+](=O)[O-])cc1/C=N/CCCN1CCOCC1. The average molecular weight is 307 g/mol. The molecule has 0 saturated carbocycles. The molecule has 0 aromatic heterocycles. The Balaban J connectivity index is 1.85. The molecule has 1 aliphatic rings. The van der Waals surface area contributed by atoms with Gasteiger partial charge in [-0.1, -0.05) is 0 Å². The predicted octanol–water partition coefficient (Wildman–Crippen LogP) is 1.74. The molecule has 1 aliphatic heterocycles. The van der Waals surface area contributed by atoms with E-state index in [9.17, 15) is 10.1 Å². The Hall–Kier alpha value is -1.99. The van der Waals surface area contributed by atoms with Gasteiger partial charge < -0.3 is 9.47 Å². The summed E-state index contributed by atoms with van der Waals surface area (Å²) < 4.78 is 10.5. The predicted molar refractivity (Wildman–Crippen MR) is 84.0 cm³/mol. The van der Waals surface area contributed by atoms with Gasteiger partial charge in [0.2, 0.25) is 0 Å². The normalized spacial score (nSPS) is 16.0. The molecule has 1 aromatic rings. The van der Waals surface area contributed by atoms with Crippen LogP contribution in [0.1, 0.15) is 12.0 Å². The molecule has 0 amide bonds. The average Bonchev–Trinajstić information content (AvgIpc) is 2.55. The van der Waals surface area contributed by atoms with Crippen molar-refractivity contribution in [2.75, 3.05) is 46.5 Å². The van der Waals surface area contributed by atoms with Gasteiger partial charge in [-0.3, -0.25) is 20.0 Å². The summed E-state index contributed by atoms with van der Waals surface area (Å²) in [6.07, 6.45) is 2.60. The molecule has 7 heteroatoms. The van der Waals surface area contributed by atoms with Crippen LogP contribution in [0.4, 0.5) is 5.69 Å². The fourth-order valence-corrected chi connectivity index (χ4v) is 2.31. The topological polar surface area (TPSA) is 77.2 Å². The second kappa shape index (κ2) is 8.45. The number of morpholine rings is 1. The molecule has 1 aromatic carbocycles. The Bertz CT molecular complexity index is 528. The molecule has 0 aliphatic carbocycles. The van der Waals surface area contributed by atoms with E-state index < -0.39 is 4.92 Å². The van der Waals surface area contributed by atoms with Gasteiger partial charge in [0.1, 0.15) is 5.75 Å². The smallest absolute Gasteiger partial charge is 0.270 e. The van der Waals surface area contributed by atoms with Crippen LogP contribution < -0.4 is 4.74 Å². The minimum atomic E-state index is -0.421. The lowest BCUT2D eigenvalue weighted by molar-refractivity contribution is -0.384. The van der Waals surface area contributed by atoms with Crippen LogP contribution in [-0.4, -0.2) is 62.5 Å². The van der Waals surface area contributed by atoms with Gasteiger partial charge in [0, 0.05) is 50.1 Å². The molecule has 22 heavy (non-hydrogen) atoms. The highest BCUT2D eigenvalue weighted by Gasteiger charge is 2.10. The molecule has 0 atom stereocenters. The van der Waals surface area contributed by atoms with Crippen molar-refractivity contribution in [3.05, 3.63) is 33.9 Å². The third-order valence-corrected chi connectivity index (χ3v) is 3.52. The summed E-state index contributed by atoms with van der Waals surface area (Å²) in [7, 11) is 1.54. The lowest BCUT2D eigenvalue weighted by Crippen LogP contribution is -2.37. The Morgan fingerprint density at radius 3 is 2.91 bits per heavy atom. The van der Waals surface area contributed by atoms with E-state index in [0.717, 1.165) is 39.3 Å². The van der Waals surface area contributed by atoms with Crippen molar-refractivity contribution in [2.45, 2.75) is 6.42 Å². The molecule has 1 fully saturated rings. The fourth-order valence-electron chi connectivity index (χ4n) is 2.31. The maximum Gasteiger partial charge on any atom is 0.270 e. The van der Waals surface area contributed by atoms with Crippen molar-refractivity contribution in [2.24, 2.45) is 4.99 Å². The zero-order valence-electron chi connectivity index (χ0n) is 12.7. The molecule has 1 saturated heterocycles. The Morgan fingerprint density at radius 1 is 1.45 bits per heavy atom. The van der Waals surface area contributed by atoms with Crippen LogP contribution in [0.25, 0.3) is 0 Å². The minimum absolute atomic E-state index is 0.0376. The Kier molecular flexibility index (Phi) is 6.29. The summed E-state index contributed by atoms with van der Waals surface area (Å²) in [6, 6.07) is 4.49. The zero-order chi connectivity index (χ0) is 15.8. The largest absolute Gasteiger partial charge is 0.496 e. The molecule has 0 spiro atoms. The van der Waals surface area contributed by atoms with E-state index in [-0.39, 0.29) is 5.69 Å². The van der Waals surface area contributed by atoms with Crippen molar-refractivity contribution >= 4 is 11.9 Å². The fraction of sp³-hybridized carbons (Fsp3) is 0.533. The lowest BCUT2D eigenvalue weighted by Gasteiger charge is -2.26. The third-order valence-electron chi connectivity index (χ3n) is 3.52. The first kappa shape index (κ1) is 16.4. The lowest BCUT2D eigenvalue weighted by atomic mass is 10.2.